The zero-order valence-electron chi connectivity index (χ0n) is 13.1. The number of piperidine rings is 1. The summed E-state index contributed by atoms with van der Waals surface area (Å²) in [5.41, 5.74) is 0. The van der Waals surface area contributed by atoms with E-state index in [4.69, 9.17) is 14.6 Å². The molecule has 2 N–H and O–H groups in total. The Morgan fingerprint density at radius 2 is 1.87 bits per heavy atom. The number of sulfonamides is 1. The lowest BCUT2D eigenvalue weighted by Crippen LogP contribution is -2.57. The second-order valence-electron chi connectivity index (χ2n) is 5.96. The minimum absolute atomic E-state index is 0.0163. The molecule has 0 aromatic carbocycles. The number of aliphatic hydroxyl groups is 1. The average Bonchev–Trinajstić information content (AvgIpc) is 2.56. The molecular formula is C14H25NO7S. The predicted molar refractivity (Wildman–Crippen MR) is 81.6 cm³/mol. The molecule has 2 saturated heterocycles. The van der Waals surface area contributed by atoms with Crippen LogP contribution in [0.3, 0.4) is 0 Å². The van der Waals surface area contributed by atoms with Crippen molar-refractivity contribution in [1.29, 1.82) is 0 Å². The van der Waals surface area contributed by atoms with E-state index in [-0.39, 0.29) is 51.9 Å². The fourth-order valence-corrected chi connectivity index (χ4v) is 5.17. The summed E-state index contributed by atoms with van der Waals surface area (Å²) < 4.78 is 36.0. The first-order valence-electron chi connectivity index (χ1n) is 7.97. The van der Waals surface area contributed by atoms with Gasteiger partial charge in [-0.05, 0) is 19.3 Å². The minimum atomic E-state index is -3.94. The molecule has 9 heteroatoms. The van der Waals surface area contributed by atoms with Crippen LogP contribution in [-0.4, -0.2) is 79.3 Å². The second-order valence-corrected chi connectivity index (χ2v) is 8.21. The maximum Gasteiger partial charge on any atom is 0.326 e. The van der Waals surface area contributed by atoms with Crippen molar-refractivity contribution in [3.05, 3.63) is 0 Å². The highest BCUT2D eigenvalue weighted by molar-refractivity contribution is 7.91. The van der Waals surface area contributed by atoms with E-state index in [0.29, 0.717) is 25.9 Å². The molecule has 2 rings (SSSR count). The molecule has 2 aliphatic heterocycles. The molecule has 0 amide bonds. The van der Waals surface area contributed by atoms with Gasteiger partial charge in [-0.3, -0.25) is 4.79 Å². The molecule has 2 heterocycles. The summed E-state index contributed by atoms with van der Waals surface area (Å²) in [5, 5.41) is 18.3. The van der Waals surface area contributed by atoms with Crippen molar-refractivity contribution >= 4 is 16.0 Å². The lowest BCUT2D eigenvalue weighted by molar-refractivity contribution is -0.142. The smallest absolute Gasteiger partial charge is 0.326 e. The molecule has 0 unspecified atom stereocenters. The minimum Gasteiger partial charge on any atom is -0.480 e. The summed E-state index contributed by atoms with van der Waals surface area (Å²) in [6.45, 7) is 1.34. The third kappa shape index (κ3) is 3.85. The molecule has 134 valence electrons. The molecule has 0 spiro atoms. The first-order valence-corrected chi connectivity index (χ1v) is 9.41. The van der Waals surface area contributed by atoms with Gasteiger partial charge in [0.2, 0.25) is 10.0 Å². The largest absolute Gasteiger partial charge is 0.480 e. The number of hydrogen-bond donors (Lipinski definition) is 2. The number of hydrogen-bond acceptors (Lipinski definition) is 6. The van der Waals surface area contributed by atoms with E-state index in [0.717, 1.165) is 0 Å². The van der Waals surface area contributed by atoms with Crippen LogP contribution in [0.4, 0.5) is 0 Å². The molecule has 0 aliphatic carbocycles. The number of ether oxygens (including phenoxy) is 2. The van der Waals surface area contributed by atoms with Gasteiger partial charge in [0.15, 0.2) is 4.75 Å². The van der Waals surface area contributed by atoms with Crippen molar-refractivity contribution in [2.24, 2.45) is 0 Å². The highest BCUT2D eigenvalue weighted by Gasteiger charge is 2.54. The van der Waals surface area contributed by atoms with Crippen LogP contribution >= 0.6 is 0 Å². The third-order valence-corrected chi connectivity index (χ3v) is 7.20. The Kier molecular flexibility index (Phi) is 6.38. The van der Waals surface area contributed by atoms with Gasteiger partial charge in [-0.25, -0.2) is 12.7 Å². The Hall–Kier alpha value is -0.740. The van der Waals surface area contributed by atoms with Crippen molar-refractivity contribution in [3.63, 3.8) is 0 Å². The van der Waals surface area contributed by atoms with E-state index < -0.39 is 20.7 Å². The van der Waals surface area contributed by atoms with Crippen LogP contribution in [0.5, 0.6) is 0 Å². The van der Waals surface area contributed by atoms with E-state index in [1.807, 2.05) is 0 Å². The molecule has 0 aromatic heterocycles. The fourth-order valence-electron chi connectivity index (χ4n) is 3.08. The summed E-state index contributed by atoms with van der Waals surface area (Å²) in [6.07, 6.45) is 1.56. The maximum atomic E-state index is 12.9. The predicted octanol–water partition coefficient (Wildman–Crippen LogP) is -0.187. The van der Waals surface area contributed by atoms with Gasteiger partial charge in [-0.15, -0.1) is 0 Å². The van der Waals surface area contributed by atoms with Crippen LogP contribution < -0.4 is 0 Å². The summed E-state index contributed by atoms with van der Waals surface area (Å²) in [4.78, 5) is 11.7. The Labute approximate surface area is 136 Å². The number of aliphatic carboxylic acids is 1. The molecule has 2 aliphatic rings. The first kappa shape index (κ1) is 18.6. The van der Waals surface area contributed by atoms with Gasteiger partial charge >= 0.3 is 5.97 Å². The lowest BCUT2D eigenvalue weighted by atomic mass is 9.99. The number of aliphatic hydroxyl groups excluding tert-OH is 1. The maximum absolute atomic E-state index is 12.9. The molecule has 8 nitrogen and oxygen atoms in total. The van der Waals surface area contributed by atoms with Crippen LogP contribution in [0.1, 0.15) is 32.1 Å². The van der Waals surface area contributed by atoms with Crippen molar-refractivity contribution in [3.8, 4) is 0 Å². The number of carboxylic acid groups (broad SMARTS) is 1. The Morgan fingerprint density at radius 1 is 1.26 bits per heavy atom. The van der Waals surface area contributed by atoms with Crippen LogP contribution in [0.15, 0.2) is 0 Å². The first-order chi connectivity index (χ1) is 10.9. The molecule has 23 heavy (non-hydrogen) atoms. The molecule has 0 saturated carbocycles. The van der Waals surface area contributed by atoms with Gasteiger partial charge in [0.25, 0.3) is 0 Å². The van der Waals surface area contributed by atoms with Crippen molar-refractivity contribution in [2.45, 2.75) is 43.0 Å². The SMILES string of the molecule is O=C(O)C1(S(=O)(=O)N2CCC(OCCCO)CC2)CCOCC1. The summed E-state index contributed by atoms with van der Waals surface area (Å²) >= 11 is 0. The van der Waals surface area contributed by atoms with Gasteiger partial charge in [0.1, 0.15) is 0 Å². The monoisotopic (exact) mass is 351 g/mol. The number of rotatable bonds is 7. The molecule has 0 radical (unpaired) electrons. The van der Waals surface area contributed by atoms with Gasteiger partial charge in [0, 0.05) is 52.4 Å². The van der Waals surface area contributed by atoms with Crippen LogP contribution in [0.2, 0.25) is 0 Å². The molecular weight excluding hydrogens is 326 g/mol. The molecule has 0 aromatic rings. The topological polar surface area (TPSA) is 113 Å². The van der Waals surface area contributed by atoms with Gasteiger partial charge in [0.05, 0.1) is 6.10 Å². The van der Waals surface area contributed by atoms with E-state index in [2.05, 4.69) is 0 Å². The van der Waals surface area contributed by atoms with Crippen LogP contribution in [0, 0.1) is 0 Å². The van der Waals surface area contributed by atoms with Gasteiger partial charge < -0.3 is 19.7 Å². The van der Waals surface area contributed by atoms with Crippen molar-refractivity contribution in [2.75, 3.05) is 39.5 Å². The summed E-state index contributed by atoms with van der Waals surface area (Å²) in [5.74, 6) is -1.29. The molecule has 2 fully saturated rings. The van der Waals surface area contributed by atoms with Crippen molar-refractivity contribution in [1.82, 2.24) is 4.31 Å². The van der Waals surface area contributed by atoms with Gasteiger partial charge in [-0.1, -0.05) is 0 Å². The van der Waals surface area contributed by atoms with Crippen LogP contribution in [0.25, 0.3) is 0 Å². The van der Waals surface area contributed by atoms with E-state index in [1.165, 1.54) is 4.31 Å². The van der Waals surface area contributed by atoms with Crippen molar-refractivity contribution < 1.29 is 32.9 Å². The number of nitrogens with zero attached hydrogens (tertiary/aromatic N) is 1. The quantitative estimate of drug-likeness (QED) is 0.611. The summed E-state index contributed by atoms with van der Waals surface area (Å²) in [6, 6.07) is 0. The summed E-state index contributed by atoms with van der Waals surface area (Å²) in [7, 11) is -3.94. The number of carbonyl (C=O) groups is 1. The fraction of sp³-hybridized carbons (Fsp3) is 0.929. The lowest BCUT2D eigenvalue weighted by Gasteiger charge is -2.39. The highest BCUT2D eigenvalue weighted by atomic mass is 32.2. The Balaban J connectivity index is 2.01. The zero-order valence-corrected chi connectivity index (χ0v) is 14.0. The normalized spacial score (nSPS) is 23.7. The number of carboxylic acids is 1. The zero-order chi connectivity index (χ0) is 16.9. The Morgan fingerprint density at radius 3 is 2.39 bits per heavy atom. The van der Waals surface area contributed by atoms with Crippen LogP contribution in [-0.2, 0) is 24.3 Å². The van der Waals surface area contributed by atoms with Gasteiger partial charge in [-0.2, -0.15) is 0 Å². The third-order valence-electron chi connectivity index (χ3n) is 4.58. The molecule has 0 atom stereocenters. The highest BCUT2D eigenvalue weighted by Crippen LogP contribution is 2.34. The second kappa shape index (κ2) is 7.89. The standard InChI is InChI=1S/C14H25NO7S/c16-8-1-9-22-12-2-6-15(7-3-12)23(19,20)14(13(17)18)4-10-21-11-5-14/h12,16H,1-11H2,(H,17,18). The van der Waals surface area contributed by atoms with E-state index in [1.54, 1.807) is 0 Å². The van der Waals surface area contributed by atoms with E-state index in [9.17, 15) is 18.3 Å². The Bertz CT molecular complexity index is 493. The van der Waals surface area contributed by atoms with E-state index >= 15 is 0 Å². The average molecular weight is 351 g/mol. The molecule has 0 bridgehead atoms.